The Balaban J connectivity index is 1.98. The molecule has 1 aromatic heterocycles. The van der Waals surface area contributed by atoms with Crippen molar-refractivity contribution >= 4 is 5.91 Å². The molecule has 0 saturated carbocycles. The highest BCUT2D eigenvalue weighted by Crippen LogP contribution is 2.26. The number of para-hydroxylation sites is 2. The number of hydrogen-bond donors (Lipinski definition) is 2. The Hall–Kier alpha value is -2.54. The second-order valence-corrected chi connectivity index (χ2v) is 5.25. The summed E-state index contributed by atoms with van der Waals surface area (Å²) in [6.45, 7) is 2.11. The number of benzene rings is 1. The highest BCUT2D eigenvalue weighted by Gasteiger charge is 2.17. The van der Waals surface area contributed by atoms with E-state index in [1.54, 1.807) is 33.2 Å². The Labute approximate surface area is 134 Å². The molecule has 1 atom stereocenters. The summed E-state index contributed by atoms with van der Waals surface area (Å²) in [6, 6.07) is 8.96. The molecule has 0 aliphatic heterocycles. The van der Waals surface area contributed by atoms with Crippen molar-refractivity contribution in [2.24, 2.45) is 0 Å². The molecule has 1 unspecified atom stereocenters. The maximum Gasteiger partial charge on any atom is 0.274 e. The fourth-order valence-electron chi connectivity index (χ4n) is 2.11. The first-order chi connectivity index (χ1) is 11.0. The van der Waals surface area contributed by atoms with Gasteiger partial charge in [-0.1, -0.05) is 12.1 Å². The fraction of sp³-hybridized carbons (Fsp3) is 0.375. The fourth-order valence-corrected chi connectivity index (χ4v) is 2.11. The molecule has 2 aromatic rings. The average molecular weight is 319 g/mol. The molecule has 23 heavy (non-hydrogen) atoms. The molecule has 0 aliphatic carbocycles. The molecule has 7 nitrogen and oxygen atoms in total. The van der Waals surface area contributed by atoms with Crippen molar-refractivity contribution in [3.05, 3.63) is 41.7 Å². The molecule has 0 aliphatic rings. The van der Waals surface area contributed by atoms with Gasteiger partial charge in [-0.05, 0) is 25.1 Å². The van der Waals surface area contributed by atoms with Gasteiger partial charge >= 0.3 is 0 Å². The zero-order valence-electron chi connectivity index (χ0n) is 13.4. The van der Waals surface area contributed by atoms with Crippen LogP contribution in [0.3, 0.4) is 0 Å². The number of methoxy groups -OCH3 is 1. The highest BCUT2D eigenvalue weighted by molar-refractivity contribution is 5.92. The Morgan fingerprint density at radius 1 is 1.39 bits per heavy atom. The number of nitrogens with zero attached hydrogens (tertiary/aromatic N) is 2. The SMILES string of the molecule is COc1ccccc1OCc1cc(C(=O)N(C)CC(C)O)n[nH]1. The summed E-state index contributed by atoms with van der Waals surface area (Å²) < 4.78 is 10.9. The van der Waals surface area contributed by atoms with Crippen LogP contribution in [-0.2, 0) is 6.61 Å². The Kier molecular flexibility index (Phi) is 5.59. The molecule has 1 heterocycles. The molecule has 1 amide bonds. The monoisotopic (exact) mass is 319 g/mol. The van der Waals surface area contributed by atoms with Crippen LogP contribution in [0.15, 0.2) is 30.3 Å². The first kappa shape index (κ1) is 16.8. The van der Waals surface area contributed by atoms with Crippen LogP contribution in [0.4, 0.5) is 0 Å². The molecule has 2 N–H and O–H groups in total. The molecule has 0 bridgehead atoms. The van der Waals surface area contributed by atoms with E-state index in [1.807, 2.05) is 18.2 Å². The average Bonchev–Trinajstić information content (AvgIpc) is 3.00. The number of carbonyl (C=O) groups excluding carboxylic acids is 1. The van der Waals surface area contributed by atoms with Gasteiger partial charge in [0.25, 0.3) is 5.91 Å². The van der Waals surface area contributed by atoms with Gasteiger partial charge in [-0.15, -0.1) is 0 Å². The minimum absolute atomic E-state index is 0.237. The van der Waals surface area contributed by atoms with Gasteiger partial charge in [-0.3, -0.25) is 9.89 Å². The van der Waals surface area contributed by atoms with Gasteiger partial charge < -0.3 is 19.5 Å². The maximum atomic E-state index is 12.1. The van der Waals surface area contributed by atoms with E-state index in [-0.39, 0.29) is 24.8 Å². The lowest BCUT2D eigenvalue weighted by atomic mass is 10.3. The smallest absolute Gasteiger partial charge is 0.274 e. The number of aromatic nitrogens is 2. The van der Waals surface area contributed by atoms with Crippen molar-refractivity contribution < 1.29 is 19.4 Å². The molecule has 0 fully saturated rings. The van der Waals surface area contributed by atoms with Gasteiger partial charge in [0.2, 0.25) is 0 Å². The van der Waals surface area contributed by atoms with Crippen molar-refractivity contribution in [1.29, 1.82) is 0 Å². The number of aliphatic hydroxyl groups is 1. The van der Waals surface area contributed by atoms with E-state index in [0.717, 1.165) is 0 Å². The van der Waals surface area contributed by atoms with Crippen molar-refractivity contribution in [2.45, 2.75) is 19.6 Å². The van der Waals surface area contributed by atoms with E-state index in [1.165, 1.54) is 4.90 Å². The van der Waals surface area contributed by atoms with E-state index in [4.69, 9.17) is 9.47 Å². The molecule has 2 rings (SSSR count). The number of nitrogens with one attached hydrogen (secondary N) is 1. The van der Waals surface area contributed by atoms with Gasteiger partial charge in [-0.25, -0.2) is 0 Å². The summed E-state index contributed by atoms with van der Waals surface area (Å²) in [6.07, 6.45) is -0.587. The molecule has 124 valence electrons. The number of ether oxygens (including phenoxy) is 2. The third-order valence-electron chi connectivity index (χ3n) is 3.19. The minimum atomic E-state index is -0.587. The zero-order valence-corrected chi connectivity index (χ0v) is 13.4. The van der Waals surface area contributed by atoms with Gasteiger partial charge in [0.05, 0.1) is 18.9 Å². The van der Waals surface area contributed by atoms with Crippen LogP contribution in [0.5, 0.6) is 11.5 Å². The lowest BCUT2D eigenvalue weighted by molar-refractivity contribution is 0.0698. The van der Waals surface area contributed by atoms with Crippen LogP contribution in [0.1, 0.15) is 23.1 Å². The van der Waals surface area contributed by atoms with Gasteiger partial charge in [0.1, 0.15) is 6.61 Å². The van der Waals surface area contributed by atoms with E-state index >= 15 is 0 Å². The van der Waals surface area contributed by atoms with Crippen LogP contribution in [0.2, 0.25) is 0 Å². The number of hydrogen-bond acceptors (Lipinski definition) is 5. The van der Waals surface area contributed by atoms with Gasteiger partial charge in [0.15, 0.2) is 17.2 Å². The molecule has 0 spiro atoms. The Bertz CT molecular complexity index is 654. The molecule has 1 aromatic carbocycles. The van der Waals surface area contributed by atoms with Crippen LogP contribution >= 0.6 is 0 Å². The van der Waals surface area contributed by atoms with E-state index in [9.17, 15) is 9.90 Å². The van der Waals surface area contributed by atoms with Crippen molar-refractivity contribution in [1.82, 2.24) is 15.1 Å². The first-order valence-corrected chi connectivity index (χ1v) is 7.25. The minimum Gasteiger partial charge on any atom is -0.493 e. The third-order valence-corrected chi connectivity index (χ3v) is 3.19. The number of H-pyrrole nitrogens is 1. The number of amides is 1. The number of carbonyl (C=O) groups is 1. The predicted molar refractivity (Wildman–Crippen MR) is 84.6 cm³/mol. The zero-order chi connectivity index (χ0) is 16.8. The quantitative estimate of drug-likeness (QED) is 0.806. The Morgan fingerprint density at radius 2 is 2.09 bits per heavy atom. The van der Waals surface area contributed by atoms with Crippen LogP contribution in [0, 0.1) is 0 Å². The van der Waals surface area contributed by atoms with Crippen molar-refractivity contribution in [3.63, 3.8) is 0 Å². The second-order valence-electron chi connectivity index (χ2n) is 5.25. The first-order valence-electron chi connectivity index (χ1n) is 7.25. The summed E-state index contributed by atoms with van der Waals surface area (Å²) in [5, 5.41) is 16.1. The largest absolute Gasteiger partial charge is 0.493 e. The van der Waals surface area contributed by atoms with Gasteiger partial charge in [0, 0.05) is 13.6 Å². The van der Waals surface area contributed by atoms with Crippen molar-refractivity contribution in [3.8, 4) is 11.5 Å². The molecule has 0 radical (unpaired) electrons. The molecular formula is C16H21N3O4. The number of aliphatic hydroxyl groups excluding tert-OH is 1. The molecule has 7 heteroatoms. The van der Waals surface area contributed by atoms with E-state index in [0.29, 0.717) is 17.2 Å². The highest BCUT2D eigenvalue weighted by atomic mass is 16.5. The summed E-state index contributed by atoms with van der Waals surface area (Å²) >= 11 is 0. The maximum absolute atomic E-state index is 12.1. The second kappa shape index (κ2) is 7.64. The summed E-state index contributed by atoms with van der Waals surface area (Å²) in [5.41, 5.74) is 0.955. The van der Waals surface area contributed by atoms with Crippen LogP contribution in [-0.4, -0.2) is 52.9 Å². The lowest BCUT2D eigenvalue weighted by Gasteiger charge is -2.17. The predicted octanol–water partition coefficient (Wildman–Crippen LogP) is 1.45. The number of rotatable bonds is 7. The number of likely N-dealkylation sites (N-methyl/N-ethyl adjacent to an activating group) is 1. The molecule has 0 saturated heterocycles. The van der Waals surface area contributed by atoms with Gasteiger partial charge in [-0.2, -0.15) is 5.10 Å². The molecular weight excluding hydrogens is 298 g/mol. The summed E-state index contributed by atoms with van der Waals surface area (Å²) in [5.74, 6) is 0.995. The normalized spacial score (nSPS) is 11.8. The topological polar surface area (TPSA) is 87.7 Å². The third kappa shape index (κ3) is 4.46. The van der Waals surface area contributed by atoms with E-state index in [2.05, 4.69) is 10.2 Å². The standard InChI is InChI=1S/C16H21N3O4/c1-11(20)9-19(2)16(21)13-8-12(17-18-13)10-23-15-7-5-4-6-14(15)22-3/h4-8,11,20H,9-10H2,1-3H3,(H,17,18). The summed E-state index contributed by atoms with van der Waals surface area (Å²) in [7, 11) is 3.20. The van der Waals surface area contributed by atoms with Crippen molar-refractivity contribution in [2.75, 3.05) is 20.7 Å². The number of aromatic amines is 1. The van der Waals surface area contributed by atoms with Crippen LogP contribution in [0.25, 0.3) is 0 Å². The van der Waals surface area contributed by atoms with E-state index < -0.39 is 6.10 Å². The lowest BCUT2D eigenvalue weighted by Crippen LogP contribution is -2.33. The van der Waals surface area contributed by atoms with Crippen LogP contribution < -0.4 is 9.47 Å². The summed E-state index contributed by atoms with van der Waals surface area (Å²) in [4.78, 5) is 13.6. The Morgan fingerprint density at radius 3 is 2.74 bits per heavy atom.